The van der Waals surface area contributed by atoms with E-state index in [1.165, 1.54) is 10.8 Å². The second kappa shape index (κ2) is 7.98. The van der Waals surface area contributed by atoms with Crippen LogP contribution in [0.3, 0.4) is 0 Å². The van der Waals surface area contributed by atoms with Gasteiger partial charge in [0.1, 0.15) is 5.75 Å². The fourth-order valence-corrected chi connectivity index (χ4v) is 2.36. The standard InChI is InChI=1S/C19H18N4O3/c1-2-26-16-10-8-14(9-11-16)21-19(25)22-17-18(24)23(13-12-20-17)15-6-4-3-5-7-15/h3-13H,2H2,1H3,(H2,20,21,22,25). The molecule has 0 aliphatic heterocycles. The van der Waals surface area contributed by atoms with Gasteiger partial charge in [0.15, 0.2) is 0 Å². The van der Waals surface area contributed by atoms with Gasteiger partial charge in [0, 0.05) is 23.8 Å². The van der Waals surface area contributed by atoms with Crippen LogP contribution in [0.4, 0.5) is 16.3 Å². The molecular formula is C19H18N4O3. The number of anilines is 2. The Kier molecular flexibility index (Phi) is 5.28. The Morgan fingerprint density at radius 1 is 1.08 bits per heavy atom. The van der Waals surface area contributed by atoms with Crippen molar-refractivity contribution >= 4 is 17.5 Å². The van der Waals surface area contributed by atoms with E-state index in [4.69, 9.17) is 4.74 Å². The van der Waals surface area contributed by atoms with Gasteiger partial charge in [0.2, 0.25) is 5.82 Å². The van der Waals surface area contributed by atoms with Gasteiger partial charge in [-0.1, -0.05) is 18.2 Å². The normalized spacial score (nSPS) is 10.2. The summed E-state index contributed by atoms with van der Waals surface area (Å²) >= 11 is 0. The Bertz CT molecular complexity index is 937. The average molecular weight is 350 g/mol. The molecule has 0 atom stereocenters. The number of rotatable bonds is 5. The Labute approximate surface area is 150 Å². The molecule has 26 heavy (non-hydrogen) atoms. The zero-order chi connectivity index (χ0) is 18.4. The lowest BCUT2D eigenvalue weighted by atomic mass is 10.3. The van der Waals surface area contributed by atoms with Crippen LogP contribution in [0, 0.1) is 0 Å². The van der Waals surface area contributed by atoms with Gasteiger partial charge in [-0.15, -0.1) is 0 Å². The van der Waals surface area contributed by atoms with Crippen LogP contribution in [0.25, 0.3) is 5.69 Å². The molecule has 0 radical (unpaired) electrons. The zero-order valence-corrected chi connectivity index (χ0v) is 14.2. The summed E-state index contributed by atoms with van der Waals surface area (Å²) in [6.45, 7) is 2.47. The van der Waals surface area contributed by atoms with Crippen molar-refractivity contribution < 1.29 is 9.53 Å². The maximum Gasteiger partial charge on any atom is 0.325 e. The Hall–Kier alpha value is -3.61. The van der Waals surface area contributed by atoms with Gasteiger partial charge in [-0.05, 0) is 43.3 Å². The third-order valence-electron chi connectivity index (χ3n) is 3.53. The largest absolute Gasteiger partial charge is 0.494 e. The van der Waals surface area contributed by atoms with Crippen molar-refractivity contribution in [3.63, 3.8) is 0 Å². The zero-order valence-electron chi connectivity index (χ0n) is 14.2. The summed E-state index contributed by atoms with van der Waals surface area (Å²) in [6, 6.07) is 15.5. The van der Waals surface area contributed by atoms with Crippen molar-refractivity contribution in [1.82, 2.24) is 9.55 Å². The summed E-state index contributed by atoms with van der Waals surface area (Å²) in [4.78, 5) is 28.6. The third kappa shape index (κ3) is 4.07. The van der Waals surface area contributed by atoms with Gasteiger partial charge in [-0.3, -0.25) is 14.7 Å². The molecule has 2 amide bonds. The average Bonchev–Trinajstić information content (AvgIpc) is 2.66. The number of nitrogens with zero attached hydrogens (tertiary/aromatic N) is 2. The van der Waals surface area contributed by atoms with Crippen LogP contribution in [0.1, 0.15) is 6.92 Å². The number of urea groups is 1. The van der Waals surface area contributed by atoms with Gasteiger partial charge in [0.05, 0.1) is 6.61 Å². The predicted octanol–water partition coefficient (Wildman–Crippen LogP) is 3.28. The number of aromatic nitrogens is 2. The lowest BCUT2D eigenvalue weighted by Crippen LogP contribution is -2.28. The number of carbonyl (C=O) groups is 1. The van der Waals surface area contributed by atoms with E-state index in [-0.39, 0.29) is 5.82 Å². The molecule has 1 aromatic heterocycles. The van der Waals surface area contributed by atoms with Gasteiger partial charge in [0.25, 0.3) is 5.56 Å². The van der Waals surface area contributed by atoms with Gasteiger partial charge < -0.3 is 10.1 Å². The smallest absolute Gasteiger partial charge is 0.325 e. The van der Waals surface area contributed by atoms with Gasteiger partial charge in [-0.2, -0.15) is 0 Å². The Balaban J connectivity index is 1.72. The highest BCUT2D eigenvalue weighted by Crippen LogP contribution is 2.15. The minimum atomic E-state index is -0.551. The van der Waals surface area contributed by atoms with Crippen LogP contribution < -0.4 is 20.9 Å². The predicted molar refractivity (Wildman–Crippen MR) is 100 cm³/mol. The van der Waals surface area contributed by atoms with Crippen molar-refractivity contribution in [1.29, 1.82) is 0 Å². The molecule has 1 heterocycles. The quantitative estimate of drug-likeness (QED) is 0.739. The van der Waals surface area contributed by atoms with E-state index in [9.17, 15) is 9.59 Å². The van der Waals surface area contributed by atoms with E-state index in [1.807, 2.05) is 25.1 Å². The Morgan fingerprint density at radius 2 is 1.81 bits per heavy atom. The highest BCUT2D eigenvalue weighted by Gasteiger charge is 2.10. The minimum Gasteiger partial charge on any atom is -0.494 e. The van der Waals surface area contributed by atoms with Crippen molar-refractivity contribution in [3.8, 4) is 11.4 Å². The van der Waals surface area contributed by atoms with Crippen LogP contribution in [0.15, 0.2) is 71.8 Å². The molecular weight excluding hydrogens is 332 g/mol. The summed E-state index contributed by atoms with van der Waals surface area (Å²) < 4.78 is 6.77. The summed E-state index contributed by atoms with van der Waals surface area (Å²) in [7, 11) is 0. The van der Waals surface area contributed by atoms with Crippen LogP contribution in [0.5, 0.6) is 5.75 Å². The first-order valence-corrected chi connectivity index (χ1v) is 8.11. The number of hydrogen-bond donors (Lipinski definition) is 2. The molecule has 7 heteroatoms. The van der Waals surface area contributed by atoms with E-state index in [1.54, 1.807) is 42.6 Å². The molecule has 0 fully saturated rings. The van der Waals surface area contributed by atoms with Crippen molar-refractivity contribution in [2.45, 2.75) is 6.92 Å². The lowest BCUT2D eigenvalue weighted by molar-refractivity contribution is 0.262. The number of ether oxygens (including phenoxy) is 1. The van der Waals surface area contributed by atoms with Crippen LogP contribution >= 0.6 is 0 Å². The topological polar surface area (TPSA) is 85.2 Å². The number of para-hydroxylation sites is 1. The van der Waals surface area contributed by atoms with Gasteiger partial charge >= 0.3 is 6.03 Å². The van der Waals surface area contributed by atoms with Gasteiger partial charge in [-0.25, -0.2) is 9.78 Å². The fourth-order valence-electron chi connectivity index (χ4n) is 2.36. The molecule has 0 saturated carbocycles. The molecule has 3 aromatic rings. The lowest BCUT2D eigenvalue weighted by Gasteiger charge is -2.10. The molecule has 132 valence electrons. The molecule has 0 unspecified atom stereocenters. The molecule has 7 nitrogen and oxygen atoms in total. The van der Waals surface area contributed by atoms with Crippen LogP contribution in [-0.2, 0) is 0 Å². The molecule has 2 N–H and O–H groups in total. The molecule has 3 rings (SSSR count). The first kappa shape index (κ1) is 17.2. The first-order valence-electron chi connectivity index (χ1n) is 8.11. The minimum absolute atomic E-state index is 0.0558. The molecule has 0 bridgehead atoms. The molecule has 2 aromatic carbocycles. The molecule has 0 saturated heterocycles. The van der Waals surface area contributed by atoms with E-state index >= 15 is 0 Å². The molecule has 0 aliphatic rings. The Morgan fingerprint density at radius 3 is 2.50 bits per heavy atom. The maximum absolute atomic E-state index is 12.5. The fraction of sp³-hybridized carbons (Fsp3) is 0.105. The summed E-state index contributed by atoms with van der Waals surface area (Å²) in [6.07, 6.45) is 3.01. The van der Waals surface area contributed by atoms with E-state index in [0.717, 1.165) is 0 Å². The van der Waals surface area contributed by atoms with Crippen LogP contribution in [0.2, 0.25) is 0 Å². The monoisotopic (exact) mass is 350 g/mol. The van der Waals surface area contributed by atoms with Crippen molar-refractivity contribution in [2.75, 3.05) is 17.2 Å². The maximum atomic E-state index is 12.5. The number of carbonyl (C=O) groups excluding carboxylic acids is 1. The van der Waals surface area contributed by atoms with Crippen molar-refractivity contribution in [2.24, 2.45) is 0 Å². The highest BCUT2D eigenvalue weighted by atomic mass is 16.5. The number of amides is 2. The van der Waals surface area contributed by atoms with E-state index < -0.39 is 11.6 Å². The highest BCUT2D eigenvalue weighted by molar-refractivity contribution is 5.99. The third-order valence-corrected chi connectivity index (χ3v) is 3.53. The summed E-state index contributed by atoms with van der Waals surface area (Å²) in [5.74, 6) is 0.661. The molecule has 0 aliphatic carbocycles. The summed E-state index contributed by atoms with van der Waals surface area (Å²) in [5, 5.41) is 5.14. The van der Waals surface area contributed by atoms with Crippen molar-refractivity contribution in [3.05, 3.63) is 77.3 Å². The number of nitrogens with one attached hydrogen (secondary N) is 2. The first-order chi connectivity index (χ1) is 12.7. The summed E-state index contributed by atoms with van der Waals surface area (Å²) in [5.41, 5.74) is 0.848. The van der Waals surface area contributed by atoms with E-state index in [2.05, 4.69) is 15.6 Å². The SMILES string of the molecule is CCOc1ccc(NC(=O)Nc2nccn(-c3ccccc3)c2=O)cc1. The second-order valence-corrected chi connectivity index (χ2v) is 5.32. The number of benzene rings is 2. The van der Waals surface area contributed by atoms with Crippen LogP contribution in [-0.4, -0.2) is 22.2 Å². The van der Waals surface area contributed by atoms with E-state index in [0.29, 0.717) is 23.7 Å². The second-order valence-electron chi connectivity index (χ2n) is 5.32. The number of hydrogen-bond acceptors (Lipinski definition) is 4. The molecule has 0 spiro atoms.